The number of ether oxygens (including phenoxy) is 1. The van der Waals surface area contributed by atoms with Gasteiger partial charge in [-0.3, -0.25) is 4.79 Å². The Bertz CT molecular complexity index is 217. The summed E-state index contributed by atoms with van der Waals surface area (Å²) in [6, 6.07) is 0. The molecule has 0 aromatic carbocycles. The Morgan fingerprint density at radius 3 is 2.65 bits per heavy atom. The molecule has 4 heteroatoms. The molecule has 102 valence electrons. The number of rotatable bonds is 9. The van der Waals surface area contributed by atoms with Crippen molar-refractivity contribution in [1.82, 2.24) is 5.32 Å². The average Bonchev–Trinajstić information content (AvgIpc) is 2.30. The molecule has 17 heavy (non-hydrogen) atoms. The summed E-state index contributed by atoms with van der Waals surface area (Å²) in [6.07, 6.45) is 2.71. The summed E-state index contributed by atoms with van der Waals surface area (Å²) in [5.74, 6) is 0.181. The fourth-order valence-electron chi connectivity index (χ4n) is 1.52. The summed E-state index contributed by atoms with van der Waals surface area (Å²) in [5, 5.41) is 3.01. The molecule has 0 aliphatic rings. The van der Waals surface area contributed by atoms with Crippen molar-refractivity contribution in [3.05, 3.63) is 0 Å². The van der Waals surface area contributed by atoms with Crippen molar-refractivity contribution >= 4 is 5.91 Å². The maximum Gasteiger partial charge on any atom is 0.222 e. The van der Waals surface area contributed by atoms with Gasteiger partial charge in [0, 0.05) is 26.2 Å². The van der Waals surface area contributed by atoms with Gasteiger partial charge in [0.25, 0.3) is 0 Å². The third-order valence-electron chi connectivity index (χ3n) is 3.01. The molecule has 0 rings (SSSR count). The zero-order valence-electron chi connectivity index (χ0n) is 11.7. The van der Waals surface area contributed by atoms with Gasteiger partial charge in [-0.25, -0.2) is 0 Å². The molecule has 0 aromatic rings. The summed E-state index contributed by atoms with van der Waals surface area (Å²) < 4.78 is 5.06. The highest BCUT2D eigenvalue weighted by atomic mass is 16.5. The van der Waals surface area contributed by atoms with E-state index in [1.807, 2.05) is 6.92 Å². The number of nitrogens with one attached hydrogen (secondary N) is 1. The van der Waals surface area contributed by atoms with Crippen molar-refractivity contribution in [2.24, 2.45) is 17.1 Å². The van der Waals surface area contributed by atoms with Gasteiger partial charge in [-0.05, 0) is 31.2 Å². The average molecular weight is 244 g/mol. The van der Waals surface area contributed by atoms with Crippen LogP contribution in [0.5, 0.6) is 0 Å². The van der Waals surface area contributed by atoms with E-state index >= 15 is 0 Å². The topological polar surface area (TPSA) is 64.3 Å². The minimum absolute atomic E-state index is 0.0526. The Balaban J connectivity index is 3.88. The van der Waals surface area contributed by atoms with E-state index in [2.05, 4.69) is 19.2 Å². The number of hydrogen-bond acceptors (Lipinski definition) is 3. The van der Waals surface area contributed by atoms with Crippen molar-refractivity contribution in [3.8, 4) is 0 Å². The first kappa shape index (κ1) is 16.4. The van der Waals surface area contributed by atoms with Gasteiger partial charge in [-0.15, -0.1) is 0 Å². The van der Waals surface area contributed by atoms with E-state index in [1.165, 1.54) is 0 Å². The smallest absolute Gasteiger partial charge is 0.222 e. The van der Waals surface area contributed by atoms with E-state index in [1.54, 1.807) is 7.11 Å². The quantitative estimate of drug-likeness (QED) is 0.646. The molecule has 0 heterocycles. The molecule has 3 N–H and O–H groups in total. The number of methoxy groups -OCH3 is 1. The Hall–Kier alpha value is -0.610. The summed E-state index contributed by atoms with van der Waals surface area (Å²) in [5.41, 5.74) is 5.51. The molecule has 0 bridgehead atoms. The maximum absolute atomic E-state index is 11.8. The number of hydrogen-bond donors (Lipinski definition) is 2. The minimum Gasteiger partial charge on any atom is -0.385 e. The number of carbonyl (C=O) groups excluding carboxylic acids is 1. The second-order valence-corrected chi connectivity index (χ2v) is 5.46. The van der Waals surface area contributed by atoms with Crippen LogP contribution in [0.1, 0.15) is 40.0 Å². The largest absolute Gasteiger partial charge is 0.385 e. The van der Waals surface area contributed by atoms with Gasteiger partial charge in [0.15, 0.2) is 0 Å². The van der Waals surface area contributed by atoms with Gasteiger partial charge in [0.1, 0.15) is 0 Å². The van der Waals surface area contributed by atoms with E-state index in [9.17, 15) is 4.79 Å². The van der Waals surface area contributed by atoms with Crippen LogP contribution in [-0.2, 0) is 9.53 Å². The van der Waals surface area contributed by atoms with Gasteiger partial charge in [-0.2, -0.15) is 0 Å². The third-order valence-corrected chi connectivity index (χ3v) is 3.01. The first-order valence-corrected chi connectivity index (χ1v) is 6.39. The number of nitrogens with two attached hydrogens (primary N) is 1. The Labute approximate surface area is 105 Å². The van der Waals surface area contributed by atoms with Gasteiger partial charge in [-0.1, -0.05) is 20.8 Å². The molecule has 0 aliphatic carbocycles. The lowest BCUT2D eigenvalue weighted by Gasteiger charge is -2.25. The zero-order valence-corrected chi connectivity index (χ0v) is 11.7. The van der Waals surface area contributed by atoms with Gasteiger partial charge in [0.2, 0.25) is 5.91 Å². The Morgan fingerprint density at radius 1 is 1.47 bits per heavy atom. The van der Waals surface area contributed by atoms with E-state index < -0.39 is 0 Å². The van der Waals surface area contributed by atoms with Crippen LogP contribution in [0.25, 0.3) is 0 Å². The van der Waals surface area contributed by atoms with E-state index in [0.717, 1.165) is 25.9 Å². The van der Waals surface area contributed by atoms with Crippen LogP contribution in [0.15, 0.2) is 0 Å². The number of carbonyl (C=O) groups is 1. The van der Waals surface area contributed by atoms with E-state index in [-0.39, 0.29) is 17.2 Å². The molecule has 0 saturated carbocycles. The second-order valence-electron chi connectivity index (χ2n) is 5.46. The Kier molecular flexibility index (Phi) is 8.17. The molecule has 0 radical (unpaired) electrons. The fraction of sp³-hybridized carbons (Fsp3) is 0.923. The Morgan fingerprint density at radius 2 is 2.12 bits per heavy atom. The highest BCUT2D eigenvalue weighted by Crippen LogP contribution is 2.19. The predicted molar refractivity (Wildman–Crippen MR) is 70.7 cm³/mol. The van der Waals surface area contributed by atoms with Crippen LogP contribution < -0.4 is 11.1 Å². The van der Waals surface area contributed by atoms with Gasteiger partial charge >= 0.3 is 0 Å². The van der Waals surface area contributed by atoms with Crippen LogP contribution in [-0.4, -0.2) is 32.7 Å². The first-order chi connectivity index (χ1) is 7.93. The third kappa shape index (κ3) is 8.16. The second kappa shape index (κ2) is 8.48. The summed E-state index contributed by atoms with van der Waals surface area (Å²) >= 11 is 0. The summed E-state index contributed by atoms with van der Waals surface area (Å²) in [4.78, 5) is 11.8. The molecule has 0 fully saturated rings. The highest BCUT2D eigenvalue weighted by Gasteiger charge is 2.20. The molecule has 0 saturated heterocycles. The molecule has 1 atom stereocenters. The molecule has 0 aromatic heterocycles. The van der Waals surface area contributed by atoms with Gasteiger partial charge < -0.3 is 15.8 Å². The maximum atomic E-state index is 11.8. The lowest BCUT2D eigenvalue weighted by atomic mass is 9.89. The normalized spacial score (nSPS) is 13.5. The summed E-state index contributed by atoms with van der Waals surface area (Å²) in [6.45, 7) is 8.30. The molecular formula is C13H28N2O2. The number of amides is 1. The zero-order chi connectivity index (χ0) is 13.3. The van der Waals surface area contributed by atoms with Crippen LogP contribution in [0.3, 0.4) is 0 Å². The molecule has 0 spiro atoms. The van der Waals surface area contributed by atoms with E-state index in [4.69, 9.17) is 10.5 Å². The molecule has 0 aliphatic heterocycles. The molecule has 1 amide bonds. The molecule has 1 unspecified atom stereocenters. The van der Waals surface area contributed by atoms with Crippen LogP contribution >= 0.6 is 0 Å². The SMILES string of the molecule is COCCC(C)(C)CNC(=O)C(C)CCCN. The fourth-order valence-corrected chi connectivity index (χ4v) is 1.52. The minimum atomic E-state index is 0.0526. The predicted octanol–water partition coefficient (Wildman–Crippen LogP) is 1.54. The standard InChI is InChI=1S/C13H28N2O2/c1-11(6-5-8-14)12(16)15-10-13(2,3)7-9-17-4/h11H,5-10,14H2,1-4H3,(H,15,16). The first-order valence-electron chi connectivity index (χ1n) is 6.39. The van der Waals surface area contributed by atoms with Crippen molar-refractivity contribution in [3.63, 3.8) is 0 Å². The monoisotopic (exact) mass is 244 g/mol. The van der Waals surface area contributed by atoms with Crippen molar-refractivity contribution in [2.45, 2.75) is 40.0 Å². The lowest BCUT2D eigenvalue weighted by Crippen LogP contribution is -2.37. The van der Waals surface area contributed by atoms with Crippen LogP contribution in [0.4, 0.5) is 0 Å². The van der Waals surface area contributed by atoms with Crippen LogP contribution in [0, 0.1) is 11.3 Å². The van der Waals surface area contributed by atoms with Crippen molar-refractivity contribution in [1.29, 1.82) is 0 Å². The van der Waals surface area contributed by atoms with Crippen molar-refractivity contribution in [2.75, 3.05) is 26.8 Å². The van der Waals surface area contributed by atoms with Crippen LogP contribution in [0.2, 0.25) is 0 Å². The van der Waals surface area contributed by atoms with Gasteiger partial charge in [0.05, 0.1) is 0 Å². The van der Waals surface area contributed by atoms with E-state index in [0.29, 0.717) is 13.1 Å². The molecular weight excluding hydrogens is 216 g/mol. The summed E-state index contributed by atoms with van der Waals surface area (Å²) in [7, 11) is 1.70. The highest BCUT2D eigenvalue weighted by molar-refractivity contribution is 5.78. The van der Waals surface area contributed by atoms with Crippen molar-refractivity contribution < 1.29 is 9.53 Å². The lowest BCUT2D eigenvalue weighted by molar-refractivity contribution is -0.125. The molecule has 4 nitrogen and oxygen atoms in total.